The van der Waals surface area contributed by atoms with Crippen LogP contribution in [0.5, 0.6) is 11.6 Å². The summed E-state index contributed by atoms with van der Waals surface area (Å²) in [6.45, 7) is 1.89. The number of hydrogen-bond donors (Lipinski definition) is 1. The molecule has 4 aromatic rings. The van der Waals surface area contributed by atoms with Gasteiger partial charge in [-0.1, -0.05) is 23.7 Å². The maximum absolute atomic E-state index is 12.1. The highest BCUT2D eigenvalue weighted by atomic mass is 35.5. The Morgan fingerprint density at radius 2 is 1.81 bits per heavy atom. The van der Waals surface area contributed by atoms with E-state index in [1.807, 2.05) is 29.8 Å². The van der Waals surface area contributed by atoms with Gasteiger partial charge in [-0.3, -0.25) is 9.36 Å². The molecular weight excluding hydrogens is 414 g/mol. The third-order valence-electron chi connectivity index (χ3n) is 4.34. The smallest absolute Gasteiger partial charge is 0.248 e. The van der Waals surface area contributed by atoms with Crippen LogP contribution in [0.1, 0.15) is 11.4 Å². The van der Waals surface area contributed by atoms with Crippen LogP contribution in [0, 0.1) is 6.92 Å². The summed E-state index contributed by atoms with van der Waals surface area (Å²) >= 11 is 5.85. The van der Waals surface area contributed by atoms with Crippen molar-refractivity contribution in [3.63, 3.8) is 0 Å². The van der Waals surface area contributed by atoms with Crippen molar-refractivity contribution in [1.82, 2.24) is 19.7 Å². The number of rotatable bonds is 6. The van der Waals surface area contributed by atoms with Gasteiger partial charge in [0.15, 0.2) is 5.82 Å². The molecular formula is C23H18ClN5O2. The Kier molecular flexibility index (Phi) is 6.05. The highest BCUT2D eigenvalue weighted by molar-refractivity contribution is 6.30. The second-order valence-corrected chi connectivity index (χ2v) is 7.01. The first kappa shape index (κ1) is 20.3. The molecule has 0 bridgehead atoms. The largest absolute Gasteiger partial charge is 0.438 e. The molecule has 154 valence electrons. The number of imidazole rings is 1. The van der Waals surface area contributed by atoms with Gasteiger partial charge in [-0.25, -0.2) is 4.98 Å². The molecule has 0 atom stereocenters. The van der Waals surface area contributed by atoms with Crippen LogP contribution in [-0.2, 0) is 4.79 Å². The first-order chi connectivity index (χ1) is 15.1. The fraction of sp³-hybridized carbons (Fsp3) is 0.0435. The SMILES string of the molecule is Cc1nccn1-c1ccc(Oc2ccc(NC(=O)/C=C/c3ccc(Cl)cc3)cc2)nn1. The van der Waals surface area contributed by atoms with Crippen LogP contribution in [0.4, 0.5) is 5.69 Å². The monoisotopic (exact) mass is 431 g/mol. The van der Waals surface area contributed by atoms with Crippen molar-refractivity contribution in [2.24, 2.45) is 0 Å². The summed E-state index contributed by atoms with van der Waals surface area (Å²) in [4.78, 5) is 16.3. The third-order valence-corrected chi connectivity index (χ3v) is 4.59. The summed E-state index contributed by atoms with van der Waals surface area (Å²) in [6.07, 6.45) is 6.70. The van der Waals surface area contributed by atoms with Crippen LogP contribution in [-0.4, -0.2) is 25.7 Å². The number of hydrogen-bond acceptors (Lipinski definition) is 5. The van der Waals surface area contributed by atoms with Crippen molar-refractivity contribution in [3.8, 4) is 17.4 Å². The van der Waals surface area contributed by atoms with E-state index in [4.69, 9.17) is 16.3 Å². The van der Waals surface area contributed by atoms with Gasteiger partial charge in [0, 0.05) is 35.2 Å². The minimum atomic E-state index is -0.236. The Labute approximate surface area is 184 Å². The van der Waals surface area contributed by atoms with Crippen molar-refractivity contribution in [3.05, 3.63) is 95.5 Å². The van der Waals surface area contributed by atoms with Crippen molar-refractivity contribution < 1.29 is 9.53 Å². The quantitative estimate of drug-likeness (QED) is 0.431. The molecule has 4 rings (SSSR count). The zero-order valence-electron chi connectivity index (χ0n) is 16.6. The summed E-state index contributed by atoms with van der Waals surface area (Å²) in [5.74, 6) is 2.19. The number of nitrogens with zero attached hydrogens (tertiary/aromatic N) is 4. The predicted octanol–water partition coefficient (Wildman–Crippen LogP) is 5.07. The lowest BCUT2D eigenvalue weighted by Crippen LogP contribution is -2.07. The number of carbonyl (C=O) groups excluding carboxylic acids is 1. The summed E-state index contributed by atoms with van der Waals surface area (Å²) in [7, 11) is 0. The van der Waals surface area contributed by atoms with E-state index in [0.717, 1.165) is 11.4 Å². The highest BCUT2D eigenvalue weighted by Gasteiger charge is 2.05. The van der Waals surface area contributed by atoms with Crippen LogP contribution in [0.25, 0.3) is 11.9 Å². The molecule has 0 spiro atoms. The Bertz CT molecular complexity index is 1200. The zero-order chi connectivity index (χ0) is 21.6. The summed E-state index contributed by atoms with van der Waals surface area (Å²) in [5.41, 5.74) is 1.54. The van der Waals surface area contributed by atoms with Crippen LogP contribution in [0.3, 0.4) is 0 Å². The molecule has 8 heteroatoms. The van der Waals surface area contributed by atoms with Crippen molar-refractivity contribution in [2.75, 3.05) is 5.32 Å². The van der Waals surface area contributed by atoms with Crippen LogP contribution >= 0.6 is 11.6 Å². The second-order valence-electron chi connectivity index (χ2n) is 6.57. The molecule has 1 N–H and O–H groups in total. The molecule has 0 aliphatic heterocycles. The summed E-state index contributed by atoms with van der Waals surface area (Å²) < 4.78 is 7.55. The Balaban J connectivity index is 1.34. The first-order valence-corrected chi connectivity index (χ1v) is 9.81. The maximum atomic E-state index is 12.1. The zero-order valence-corrected chi connectivity index (χ0v) is 17.3. The van der Waals surface area contributed by atoms with Gasteiger partial charge in [0.1, 0.15) is 11.6 Å². The van der Waals surface area contributed by atoms with Crippen molar-refractivity contribution in [1.29, 1.82) is 0 Å². The van der Waals surface area contributed by atoms with E-state index in [1.54, 1.807) is 60.8 Å². The van der Waals surface area contributed by atoms with E-state index in [9.17, 15) is 4.79 Å². The third kappa shape index (κ3) is 5.34. The van der Waals surface area contributed by atoms with Crippen molar-refractivity contribution in [2.45, 2.75) is 6.92 Å². The minimum Gasteiger partial charge on any atom is -0.438 e. The van der Waals surface area contributed by atoms with Gasteiger partial charge >= 0.3 is 0 Å². The van der Waals surface area contributed by atoms with Crippen molar-refractivity contribution >= 4 is 29.3 Å². The molecule has 0 saturated carbocycles. The Morgan fingerprint density at radius 1 is 1.03 bits per heavy atom. The number of amides is 1. The molecule has 2 heterocycles. The number of anilines is 1. The lowest BCUT2D eigenvalue weighted by molar-refractivity contribution is -0.111. The molecule has 0 radical (unpaired) electrons. The van der Waals surface area contributed by atoms with E-state index in [2.05, 4.69) is 20.5 Å². The van der Waals surface area contributed by atoms with E-state index in [-0.39, 0.29) is 5.91 Å². The fourth-order valence-corrected chi connectivity index (χ4v) is 2.90. The molecule has 0 aliphatic carbocycles. The number of carbonyl (C=O) groups is 1. The Morgan fingerprint density at radius 3 is 2.45 bits per heavy atom. The fourth-order valence-electron chi connectivity index (χ4n) is 2.77. The second kappa shape index (κ2) is 9.23. The molecule has 1 amide bonds. The topological polar surface area (TPSA) is 81.9 Å². The van der Waals surface area contributed by atoms with Crippen LogP contribution in [0.15, 0.2) is 79.1 Å². The van der Waals surface area contributed by atoms with E-state index in [0.29, 0.717) is 28.2 Å². The molecule has 31 heavy (non-hydrogen) atoms. The molecule has 2 aromatic heterocycles. The van der Waals surface area contributed by atoms with Gasteiger partial charge in [-0.2, -0.15) is 0 Å². The number of halogens is 1. The van der Waals surface area contributed by atoms with Gasteiger partial charge in [0.05, 0.1) is 0 Å². The lowest BCUT2D eigenvalue weighted by Gasteiger charge is -2.07. The number of aryl methyl sites for hydroxylation is 1. The maximum Gasteiger partial charge on any atom is 0.248 e. The molecule has 2 aromatic carbocycles. The molecule has 0 fully saturated rings. The van der Waals surface area contributed by atoms with Gasteiger partial charge in [-0.15, -0.1) is 10.2 Å². The molecule has 7 nitrogen and oxygen atoms in total. The first-order valence-electron chi connectivity index (χ1n) is 9.43. The molecule has 0 unspecified atom stereocenters. The van der Waals surface area contributed by atoms with Gasteiger partial charge in [-0.05, 0) is 61.0 Å². The predicted molar refractivity (Wildman–Crippen MR) is 120 cm³/mol. The van der Waals surface area contributed by atoms with Crippen LogP contribution in [0.2, 0.25) is 5.02 Å². The van der Waals surface area contributed by atoms with Gasteiger partial charge < -0.3 is 10.1 Å². The highest BCUT2D eigenvalue weighted by Crippen LogP contribution is 2.22. The van der Waals surface area contributed by atoms with Gasteiger partial charge in [0.2, 0.25) is 11.8 Å². The lowest BCUT2D eigenvalue weighted by atomic mass is 10.2. The number of benzene rings is 2. The van der Waals surface area contributed by atoms with Gasteiger partial charge in [0.25, 0.3) is 0 Å². The number of nitrogens with one attached hydrogen (secondary N) is 1. The number of aromatic nitrogens is 4. The Hall–Kier alpha value is -3.97. The van der Waals surface area contributed by atoms with E-state index < -0.39 is 0 Å². The van der Waals surface area contributed by atoms with E-state index in [1.165, 1.54) is 6.08 Å². The molecule has 0 saturated heterocycles. The summed E-state index contributed by atoms with van der Waals surface area (Å²) in [6, 6.07) is 17.7. The molecule has 0 aliphatic rings. The van der Waals surface area contributed by atoms with E-state index >= 15 is 0 Å². The minimum absolute atomic E-state index is 0.236. The summed E-state index contributed by atoms with van der Waals surface area (Å²) in [5, 5.41) is 11.7. The average Bonchev–Trinajstić information content (AvgIpc) is 3.21. The number of ether oxygens (including phenoxy) is 1. The standard InChI is InChI=1S/C23H18ClN5O2/c1-16-25-14-15-29(16)21-11-13-23(28-27-21)31-20-9-7-19(8-10-20)26-22(30)12-4-17-2-5-18(24)6-3-17/h2-15H,1H3,(H,26,30)/b12-4+. The van der Waals surface area contributed by atoms with Crippen LogP contribution < -0.4 is 10.1 Å². The average molecular weight is 432 g/mol. The normalized spacial score (nSPS) is 10.9.